The van der Waals surface area contributed by atoms with Crippen molar-refractivity contribution in [1.82, 2.24) is 4.72 Å². The Bertz CT molecular complexity index is 987. The lowest BCUT2D eigenvalue weighted by Crippen LogP contribution is -2.25. The highest BCUT2D eigenvalue weighted by Gasteiger charge is 2.20. The van der Waals surface area contributed by atoms with Gasteiger partial charge in [-0.3, -0.25) is 0 Å². The molecular weight excluding hydrogens is 350 g/mol. The van der Waals surface area contributed by atoms with E-state index in [2.05, 4.69) is 4.72 Å². The van der Waals surface area contributed by atoms with Crippen LogP contribution in [0.25, 0.3) is 11.0 Å². The van der Waals surface area contributed by atoms with Crippen LogP contribution in [0.3, 0.4) is 0 Å². The van der Waals surface area contributed by atoms with Gasteiger partial charge in [-0.25, -0.2) is 17.9 Å². The summed E-state index contributed by atoms with van der Waals surface area (Å²) in [5.74, 6) is -1.35. The maximum Gasteiger partial charge on any atom is 0.372 e. The molecule has 0 unspecified atom stereocenters. The lowest BCUT2D eigenvalue weighted by atomic mass is 10.1. The Labute approximate surface area is 142 Å². The van der Waals surface area contributed by atoms with Crippen molar-refractivity contribution in [3.8, 4) is 0 Å². The number of hydrogen-bond acceptors (Lipinski definition) is 5. The maximum absolute atomic E-state index is 12.4. The van der Waals surface area contributed by atoms with Crippen molar-refractivity contribution in [2.45, 2.75) is 18.2 Å². The number of aryl methyl sites for hydroxylation is 1. The minimum Gasteiger partial charge on any atom is -0.475 e. The summed E-state index contributed by atoms with van der Waals surface area (Å²) in [6.45, 7) is 1.89. The smallest absolute Gasteiger partial charge is 0.372 e. The van der Waals surface area contributed by atoms with Crippen LogP contribution < -0.4 is 4.72 Å². The van der Waals surface area contributed by atoms with Gasteiger partial charge in [0.05, 0.1) is 4.90 Å². The van der Waals surface area contributed by atoms with Crippen LogP contribution in [0.15, 0.2) is 44.3 Å². The minimum absolute atomic E-state index is 0.0844. The summed E-state index contributed by atoms with van der Waals surface area (Å²) >= 11 is 1.57. The van der Waals surface area contributed by atoms with E-state index < -0.39 is 16.0 Å². The van der Waals surface area contributed by atoms with Gasteiger partial charge in [-0.15, -0.1) is 0 Å². The van der Waals surface area contributed by atoms with Crippen molar-refractivity contribution in [2.24, 2.45) is 0 Å². The molecule has 0 aliphatic heterocycles. The molecule has 6 nitrogen and oxygen atoms in total. The van der Waals surface area contributed by atoms with Gasteiger partial charge in [0, 0.05) is 17.5 Å². The second-order valence-electron chi connectivity index (χ2n) is 5.30. The molecule has 3 rings (SSSR count). The summed E-state index contributed by atoms with van der Waals surface area (Å²) in [7, 11) is -3.67. The van der Waals surface area contributed by atoms with Crippen molar-refractivity contribution in [1.29, 1.82) is 0 Å². The first kappa shape index (κ1) is 16.7. The van der Waals surface area contributed by atoms with Crippen LogP contribution in [-0.4, -0.2) is 26.0 Å². The van der Waals surface area contributed by atoms with Crippen LogP contribution in [-0.2, 0) is 16.4 Å². The number of furan rings is 1. The molecule has 2 heterocycles. The molecule has 2 N–H and O–H groups in total. The fourth-order valence-electron chi connectivity index (χ4n) is 2.42. The van der Waals surface area contributed by atoms with Gasteiger partial charge >= 0.3 is 5.97 Å². The molecule has 0 bridgehead atoms. The van der Waals surface area contributed by atoms with Crippen molar-refractivity contribution in [2.75, 3.05) is 6.54 Å². The fourth-order valence-corrected chi connectivity index (χ4v) is 4.18. The predicted molar refractivity (Wildman–Crippen MR) is 91.1 cm³/mol. The Morgan fingerprint density at radius 1 is 1.33 bits per heavy atom. The van der Waals surface area contributed by atoms with Crippen molar-refractivity contribution < 1.29 is 22.7 Å². The molecule has 0 saturated heterocycles. The summed E-state index contributed by atoms with van der Waals surface area (Å²) in [4.78, 5) is 11.2. The fraction of sp³-hybridized carbons (Fsp3) is 0.188. The molecule has 24 heavy (non-hydrogen) atoms. The summed E-state index contributed by atoms with van der Waals surface area (Å²) in [6, 6.07) is 6.27. The molecule has 0 amide bonds. The molecule has 126 valence electrons. The number of sulfonamides is 1. The second kappa shape index (κ2) is 6.39. The van der Waals surface area contributed by atoms with E-state index in [0.717, 1.165) is 5.56 Å². The predicted octanol–water partition coefficient (Wildman–Crippen LogP) is 3.02. The Hall–Kier alpha value is -2.16. The Kier molecular flexibility index (Phi) is 4.44. The molecule has 8 heteroatoms. The number of rotatable bonds is 6. The zero-order chi connectivity index (χ0) is 17.3. The number of fused-ring (bicyclic) bond motifs is 1. The van der Waals surface area contributed by atoms with Crippen molar-refractivity contribution >= 4 is 38.3 Å². The third kappa shape index (κ3) is 3.21. The average molecular weight is 365 g/mol. The zero-order valence-electron chi connectivity index (χ0n) is 12.8. The summed E-state index contributed by atoms with van der Waals surface area (Å²) in [5, 5.41) is 13.5. The third-order valence-corrected chi connectivity index (χ3v) is 5.89. The van der Waals surface area contributed by atoms with Crippen LogP contribution in [0, 0.1) is 6.92 Å². The summed E-state index contributed by atoms with van der Waals surface area (Å²) < 4.78 is 32.6. The molecule has 0 aliphatic rings. The topological polar surface area (TPSA) is 96.6 Å². The number of carboxylic acids is 1. The minimum atomic E-state index is -3.67. The van der Waals surface area contributed by atoms with Crippen LogP contribution in [0.5, 0.6) is 0 Å². The van der Waals surface area contributed by atoms with Gasteiger partial charge in [0.2, 0.25) is 15.8 Å². The normalized spacial score (nSPS) is 11.9. The highest BCUT2D eigenvalue weighted by Crippen LogP contribution is 2.27. The van der Waals surface area contributed by atoms with E-state index in [0.29, 0.717) is 29.5 Å². The lowest BCUT2D eigenvalue weighted by molar-refractivity contribution is 0.0664. The number of benzene rings is 1. The Morgan fingerprint density at radius 2 is 2.12 bits per heavy atom. The average Bonchev–Trinajstić information content (AvgIpc) is 3.15. The van der Waals surface area contributed by atoms with E-state index in [-0.39, 0.29) is 10.7 Å². The molecule has 0 fully saturated rings. The van der Waals surface area contributed by atoms with Gasteiger partial charge in [0.25, 0.3) is 0 Å². The number of nitrogens with one attached hydrogen (secondary N) is 1. The maximum atomic E-state index is 12.4. The SMILES string of the molecule is Cc1c(C(=O)O)oc2ccc(S(=O)(=O)NCCc3ccsc3)cc12. The van der Waals surface area contributed by atoms with E-state index in [1.807, 2.05) is 16.8 Å². The van der Waals surface area contributed by atoms with E-state index in [9.17, 15) is 13.2 Å². The second-order valence-corrected chi connectivity index (χ2v) is 7.85. The van der Waals surface area contributed by atoms with Gasteiger partial charge in [0.15, 0.2) is 0 Å². The first-order chi connectivity index (χ1) is 11.4. The number of aromatic carboxylic acids is 1. The van der Waals surface area contributed by atoms with Crippen LogP contribution in [0.4, 0.5) is 0 Å². The quantitative estimate of drug-likeness (QED) is 0.700. The zero-order valence-corrected chi connectivity index (χ0v) is 14.4. The first-order valence-electron chi connectivity index (χ1n) is 7.15. The summed E-state index contributed by atoms with van der Waals surface area (Å²) in [5.41, 5.74) is 1.84. The van der Waals surface area contributed by atoms with Gasteiger partial charge in [0.1, 0.15) is 5.58 Å². The molecule has 0 aliphatic carbocycles. The number of thiophene rings is 1. The molecule has 2 aromatic heterocycles. The molecule has 3 aromatic rings. The number of hydrogen-bond donors (Lipinski definition) is 2. The first-order valence-corrected chi connectivity index (χ1v) is 9.58. The Morgan fingerprint density at radius 3 is 2.79 bits per heavy atom. The number of carboxylic acid groups (broad SMARTS) is 1. The van der Waals surface area contributed by atoms with Crippen molar-refractivity contribution in [3.05, 3.63) is 51.9 Å². The largest absolute Gasteiger partial charge is 0.475 e. The molecular formula is C16H15NO5S2. The molecule has 0 spiro atoms. The highest BCUT2D eigenvalue weighted by atomic mass is 32.2. The summed E-state index contributed by atoms with van der Waals surface area (Å²) in [6.07, 6.45) is 0.610. The lowest BCUT2D eigenvalue weighted by Gasteiger charge is -2.06. The van der Waals surface area contributed by atoms with E-state index in [4.69, 9.17) is 9.52 Å². The van der Waals surface area contributed by atoms with E-state index in [1.165, 1.54) is 18.2 Å². The molecule has 1 aromatic carbocycles. The molecule has 0 radical (unpaired) electrons. The third-order valence-electron chi connectivity index (χ3n) is 3.70. The Balaban J connectivity index is 1.84. The van der Waals surface area contributed by atoms with E-state index >= 15 is 0 Å². The molecule has 0 atom stereocenters. The number of carbonyl (C=O) groups is 1. The highest BCUT2D eigenvalue weighted by molar-refractivity contribution is 7.89. The van der Waals surface area contributed by atoms with Crippen LogP contribution >= 0.6 is 11.3 Å². The van der Waals surface area contributed by atoms with Gasteiger partial charge < -0.3 is 9.52 Å². The standard InChI is InChI=1S/C16H15NO5S2/c1-10-13-8-12(2-3-14(13)22-15(10)16(18)19)24(20,21)17-6-4-11-5-7-23-9-11/h2-3,5,7-9,17H,4,6H2,1H3,(H,18,19). The van der Waals surface area contributed by atoms with Crippen LogP contribution in [0.1, 0.15) is 21.7 Å². The van der Waals surface area contributed by atoms with E-state index in [1.54, 1.807) is 18.3 Å². The van der Waals surface area contributed by atoms with Gasteiger partial charge in [-0.1, -0.05) is 0 Å². The monoisotopic (exact) mass is 365 g/mol. The van der Waals surface area contributed by atoms with Crippen molar-refractivity contribution in [3.63, 3.8) is 0 Å². The van der Waals surface area contributed by atoms with Gasteiger partial charge in [-0.05, 0) is 53.9 Å². The van der Waals surface area contributed by atoms with Crippen LogP contribution in [0.2, 0.25) is 0 Å². The molecule has 0 saturated carbocycles. The van der Waals surface area contributed by atoms with Gasteiger partial charge in [-0.2, -0.15) is 11.3 Å².